The van der Waals surface area contributed by atoms with Crippen molar-refractivity contribution >= 4 is 17.1 Å². The van der Waals surface area contributed by atoms with E-state index in [0.29, 0.717) is 6.04 Å². The van der Waals surface area contributed by atoms with Gasteiger partial charge in [0.05, 0.1) is 10.6 Å². The van der Waals surface area contributed by atoms with Crippen LogP contribution in [0.25, 0.3) is 0 Å². The molecule has 0 aliphatic carbocycles. The van der Waals surface area contributed by atoms with Crippen molar-refractivity contribution in [1.29, 1.82) is 0 Å². The third-order valence-electron chi connectivity index (χ3n) is 3.78. The molecule has 0 aromatic carbocycles. The van der Waals surface area contributed by atoms with Crippen molar-refractivity contribution in [2.24, 2.45) is 0 Å². The van der Waals surface area contributed by atoms with Gasteiger partial charge in [0.15, 0.2) is 0 Å². The van der Waals surface area contributed by atoms with Gasteiger partial charge in [-0.1, -0.05) is 0 Å². The number of nitrogens with zero attached hydrogens (tertiary/aromatic N) is 1. The summed E-state index contributed by atoms with van der Waals surface area (Å²) in [6.45, 7) is 4.07. The number of aromatic nitrogens is 1. The fourth-order valence-corrected chi connectivity index (χ4v) is 3.58. The summed E-state index contributed by atoms with van der Waals surface area (Å²) >= 11 is 1.54. The summed E-state index contributed by atoms with van der Waals surface area (Å²) in [6, 6.07) is 6.40. The first-order chi connectivity index (χ1) is 9.27. The van der Waals surface area contributed by atoms with Crippen molar-refractivity contribution in [3.05, 3.63) is 45.9 Å². The van der Waals surface area contributed by atoms with Gasteiger partial charge in [-0.15, -0.1) is 11.3 Å². The Hall–Kier alpha value is -1.39. The molecule has 100 valence electrons. The molecule has 0 saturated carbocycles. The molecule has 3 heterocycles. The molecule has 0 amide bonds. The van der Waals surface area contributed by atoms with Crippen LogP contribution in [0.15, 0.2) is 29.8 Å². The summed E-state index contributed by atoms with van der Waals surface area (Å²) in [7, 11) is 0. The predicted molar refractivity (Wildman–Crippen MR) is 78.1 cm³/mol. The molecule has 1 aliphatic heterocycles. The average Bonchev–Trinajstić information content (AvgIpc) is 3.07. The van der Waals surface area contributed by atoms with Crippen LogP contribution in [-0.4, -0.2) is 23.4 Å². The number of aryl methyl sites for hydroxylation is 1. The number of ketones is 1. The average molecular weight is 274 g/mol. The van der Waals surface area contributed by atoms with Crippen molar-refractivity contribution < 1.29 is 4.79 Å². The number of hydrogen-bond donors (Lipinski definition) is 1. The first-order valence-electron chi connectivity index (χ1n) is 6.73. The Kier molecular flexibility index (Phi) is 3.53. The highest BCUT2D eigenvalue weighted by Crippen LogP contribution is 2.25. The van der Waals surface area contributed by atoms with Gasteiger partial charge in [-0.2, -0.15) is 0 Å². The van der Waals surface area contributed by atoms with Gasteiger partial charge >= 0.3 is 0 Å². The second-order valence-electron chi connectivity index (χ2n) is 5.04. The maximum Gasteiger partial charge on any atom is 0.219 e. The summed E-state index contributed by atoms with van der Waals surface area (Å²) < 4.78 is 2.17. The first kappa shape index (κ1) is 12.6. The smallest absolute Gasteiger partial charge is 0.219 e. The zero-order valence-electron chi connectivity index (χ0n) is 11.1. The quantitative estimate of drug-likeness (QED) is 0.873. The van der Waals surface area contributed by atoms with Crippen molar-refractivity contribution in [3.8, 4) is 0 Å². The van der Waals surface area contributed by atoms with Gasteiger partial charge < -0.3 is 9.88 Å². The molecule has 19 heavy (non-hydrogen) atoms. The lowest BCUT2D eigenvalue weighted by Gasteiger charge is -2.25. The van der Waals surface area contributed by atoms with E-state index in [4.69, 9.17) is 0 Å². The molecular weight excluding hydrogens is 256 g/mol. The van der Waals surface area contributed by atoms with E-state index in [9.17, 15) is 4.79 Å². The van der Waals surface area contributed by atoms with E-state index in [-0.39, 0.29) is 5.78 Å². The molecule has 1 fully saturated rings. The van der Waals surface area contributed by atoms with Gasteiger partial charge in [0.25, 0.3) is 0 Å². The fraction of sp³-hybridized carbons (Fsp3) is 0.400. The highest BCUT2D eigenvalue weighted by Gasteiger charge is 2.22. The van der Waals surface area contributed by atoms with E-state index < -0.39 is 0 Å². The minimum atomic E-state index is 0.163. The molecule has 2 aromatic rings. The van der Waals surface area contributed by atoms with Crippen molar-refractivity contribution in [1.82, 2.24) is 9.88 Å². The summed E-state index contributed by atoms with van der Waals surface area (Å²) in [5, 5.41) is 5.35. The Morgan fingerprint density at radius 2 is 2.16 bits per heavy atom. The summed E-state index contributed by atoms with van der Waals surface area (Å²) in [4.78, 5) is 13.5. The van der Waals surface area contributed by atoms with E-state index in [1.165, 1.54) is 11.3 Å². The number of carbonyl (C=O) groups excluding carboxylic acids is 1. The third-order valence-corrected chi connectivity index (χ3v) is 4.80. The summed E-state index contributed by atoms with van der Waals surface area (Å²) in [6.07, 6.45) is 4.24. The largest absolute Gasteiger partial charge is 0.342 e. The lowest BCUT2D eigenvalue weighted by molar-refractivity contribution is 0.103. The molecule has 1 saturated heterocycles. The Morgan fingerprint density at radius 3 is 2.84 bits per heavy atom. The number of hydrogen-bond acceptors (Lipinski definition) is 3. The topological polar surface area (TPSA) is 34.0 Å². The van der Waals surface area contributed by atoms with E-state index in [2.05, 4.69) is 9.88 Å². The van der Waals surface area contributed by atoms with Crippen LogP contribution in [0.2, 0.25) is 0 Å². The predicted octanol–water partition coefficient (Wildman–Crippen LogP) is 3.01. The Morgan fingerprint density at radius 1 is 1.37 bits per heavy atom. The van der Waals surface area contributed by atoms with E-state index in [0.717, 1.165) is 42.1 Å². The van der Waals surface area contributed by atoms with Gasteiger partial charge in [-0.05, 0) is 62.0 Å². The third kappa shape index (κ3) is 2.38. The Labute approximate surface area is 117 Å². The first-order valence-corrected chi connectivity index (χ1v) is 7.61. The van der Waals surface area contributed by atoms with E-state index >= 15 is 0 Å². The Bertz CT molecular complexity index is 578. The lowest BCUT2D eigenvalue weighted by Crippen LogP contribution is -2.30. The number of rotatable bonds is 3. The minimum absolute atomic E-state index is 0.163. The zero-order valence-corrected chi connectivity index (χ0v) is 11.9. The molecule has 0 radical (unpaired) electrons. The molecule has 0 unspecified atom stereocenters. The van der Waals surface area contributed by atoms with Crippen LogP contribution in [0.1, 0.15) is 39.8 Å². The fourth-order valence-electron chi connectivity index (χ4n) is 2.71. The van der Waals surface area contributed by atoms with Crippen LogP contribution in [0.3, 0.4) is 0 Å². The maximum absolute atomic E-state index is 12.6. The molecule has 1 N–H and O–H groups in total. The highest BCUT2D eigenvalue weighted by atomic mass is 32.1. The molecule has 0 atom stereocenters. The summed E-state index contributed by atoms with van der Waals surface area (Å²) in [5.74, 6) is 0.163. The van der Waals surface area contributed by atoms with Crippen molar-refractivity contribution in [2.75, 3.05) is 13.1 Å². The molecule has 4 heteroatoms. The standard InChI is InChI=1S/C15H18N2OS/c1-11-6-10-19-15(11)14(18)13-3-2-9-17(13)12-4-7-16-8-5-12/h2-3,6,9-10,12,16H,4-5,7-8H2,1H3. The second-order valence-corrected chi connectivity index (χ2v) is 5.96. The minimum Gasteiger partial charge on any atom is -0.342 e. The van der Waals surface area contributed by atoms with Gasteiger partial charge in [0.1, 0.15) is 0 Å². The lowest BCUT2D eigenvalue weighted by atomic mass is 10.1. The number of carbonyl (C=O) groups is 1. The molecule has 3 rings (SSSR count). The van der Waals surface area contributed by atoms with Gasteiger partial charge in [-0.25, -0.2) is 0 Å². The molecule has 0 spiro atoms. The van der Waals surface area contributed by atoms with Gasteiger partial charge in [0, 0.05) is 12.2 Å². The van der Waals surface area contributed by atoms with Gasteiger partial charge in [0.2, 0.25) is 5.78 Å². The normalized spacial score (nSPS) is 16.7. The van der Waals surface area contributed by atoms with E-state index in [1.54, 1.807) is 0 Å². The number of nitrogens with one attached hydrogen (secondary N) is 1. The van der Waals surface area contributed by atoms with Crippen LogP contribution < -0.4 is 5.32 Å². The summed E-state index contributed by atoms with van der Waals surface area (Å²) in [5.41, 5.74) is 1.91. The van der Waals surface area contributed by atoms with Crippen molar-refractivity contribution in [2.45, 2.75) is 25.8 Å². The van der Waals surface area contributed by atoms with Crippen LogP contribution in [0.5, 0.6) is 0 Å². The maximum atomic E-state index is 12.6. The molecule has 0 bridgehead atoms. The van der Waals surface area contributed by atoms with Crippen molar-refractivity contribution in [3.63, 3.8) is 0 Å². The highest BCUT2D eigenvalue weighted by molar-refractivity contribution is 7.12. The molecule has 3 nitrogen and oxygen atoms in total. The molecule has 1 aliphatic rings. The Balaban J connectivity index is 1.91. The zero-order chi connectivity index (χ0) is 13.2. The van der Waals surface area contributed by atoms with Gasteiger partial charge in [-0.3, -0.25) is 4.79 Å². The molecule has 2 aromatic heterocycles. The SMILES string of the molecule is Cc1ccsc1C(=O)c1cccn1C1CCNCC1. The van der Waals surface area contributed by atoms with Crippen LogP contribution in [0, 0.1) is 6.92 Å². The molecular formula is C15H18N2OS. The van der Waals surface area contributed by atoms with Crippen LogP contribution >= 0.6 is 11.3 Å². The van der Waals surface area contributed by atoms with E-state index in [1.807, 2.05) is 36.7 Å². The van der Waals surface area contributed by atoms with Crippen LogP contribution in [-0.2, 0) is 0 Å². The number of piperidine rings is 1. The second kappa shape index (κ2) is 5.31. The number of thiophene rings is 1. The monoisotopic (exact) mass is 274 g/mol. The van der Waals surface area contributed by atoms with Crippen LogP contribution in [0.4, 0.5) is 0 Å².